The average molecular weight is 503 g/mol. The van der Waals surface area contributed by atoms with Gasteiger partial charge in [0, 0.05) is 32.4 Å². The number of carbonyl (C=O) groups is 2. The van der Waals surface area contributed by atoms with Gasteiger partial charge in [0.25, 0.3) is 0 Å². The Bertz CT molecular complexity index is 1180. The van der Waals surface area contributed by atoms with Crippen molar-refractivity contribution in [1.29, 1.82) is 0 Å². The molecule has 1 amide bonds. The third kappa shape index (κ3) is 6.46. The summed E-state index contributed by atoms with van der Waals surface area (Å²) in [7, 11) is 0. The number of aromatic nitrogens is 2. The highest BCUT2D eigenvalue weighted by Crippen LogP contribution is 2.41. The molecule has 3 aliphatic rings. The maximum absolute atomic E-state index is 12.8. The smallest absolute Gasteiger partial charge is 0.356 e. The zero-order valence-electron chi connectivity index (χ0n) is 22.0. The first-order valence-electron chi connectivity index (χ1n) is 13.4. The summed E-state index contributed by atoms with van der Waals surface area (Å²) in [6.45, 7) is 8.45. The van der Waals surface area contributed by atoms with Gasteiger partial charge >= 0.3 is 12.0 Å². The normalized spacial score (nSPS) is 22.2. The van der Waals surface area contributed by atoms with Crippen LogP contribution in [0.5, 0.6) is 0 Å². The summed E-state index contributed by atoms with van der Waals surface area (Å²) in [6, 6.07) is 10.1. The third-order valence-electron chi connectivity index (χ3n) is 7.56. The van der Waals surface area contributed by atoms with Crippen LogP contribution in [0.15, 0.2) is 66.9 Å². The first kappa shape index (κ1) is 26.6. The van der Waals surface area contributed by atoms with Crippen molar-refractivity contribution in [2.75, 3.05) is 26.2 Å². The molecular weight excluding hydrogens is 464 g/mol. The van der Waals surface area contributed by atoms with E-state index >= 15 is 0 Å². The Morgan fingerprint density at radius 3 is 2.57 bits per heavy atom. The Labute approximate surface area is 219 Å². The van der Waals surface area contributed by atoms with E-state index in [2.05, 4.69) is 64.6 Å². The Morgan fingerprint density at radius 2 is 1.81 bits per heavy atom. The molecule has 7 heteroatoms. The van der Waals surface area contributed by atoms with Crippen LogP contribution in [0.1, 0.15) is 67.6 Å². The van der Waals surface area contributed by atoms with Crippen molar-refractivity contribution >= 4 is 17.6 Å². The minimum atomic E-state index is -1.12. The Hall–Kier alpha value is -3.45. The molecule has 1 spiro atoms. The second-order valence-electron chi connectivity index (χ2n) is 9.92. The maximum atomic E-state index is 12.8. The number of piperidine rings is 1. The number of benzene rings is 1. The molecule has 2 aliphatic heterocycles. The molecule has 2 aromatic rings. The van der Waals surface area contributed by atoms with Gasteiger partial charge in [0.05, 0.1) is 0 Å². The molecule has 0 saturated carbocycles. The van der Waals surface area contributed by atoms with Gasteiger partial charge < -0.3 is 10.0 Å². The molecule has 5 rings (SSSR count). The lowest BCUT2D eigenvalue weighted by Gasteiger charge is -2.39. The summed E-state index contributed by atoms with van der Waals surface area (Å²) < 4.78 is 1.15. The van der Waals surface area contributed by atoms with Gasteiger partial charge in [0.15, 0.2) is 5.69 Å². The molecule has 2 saturated heterocycles. The largest absolute Gasteiger partial charge is 0.476 e. The third-order valence-corrected chi connectivity index (χ3v) is 7.56. The maximum Gasteiger partial charge on any atom is 0.356 e. The molecule has 1 aromatic carbocycles. The average Bonchev–Trinajstić information content (AvgIpc) is 3.54. The van der Waals surface area contributed by atoms with Crippen molar-refractivity contribution in [2.45, 2.75) is 52.5 Å². The number of likely N-dealkylation sites (tertiary alicyclic amines) is 2. The van der Waals surface area contributed by atoms with Crippen LogP contribution in [0.4, 0.5) is 4.79 Å². The van der Waals surface area contributed by atoms with Crippen molar-refractivity contribution in [3.63, 3.8) is 0 Å². The molecule has 1 aromatic heterocycles. The van der Waals surface area contributed by atoms with Gasteiger partial charge in [-0.3, -0.25) is 4.90 Å². The first-order valence-corrected chi connectivity index (χ1v) is 13.4. The van der Waals surface area contributed by atoms with E-state index in [9.17, 15) is 9.59 Å². The van der Waals surface area contributed by atoms with Crippen LogP contribution < -0.4 is 0 Å². The topological polar surface area (TPSA) is 78.7 Å². The molecule has 2 fully saturated rings. The predicted octanol–water partition coefficient (Wildman–Crippen LogP) is 5.85. The van der Waals surface area contributed by atoms with Crippen molar-refractivity contribution < 1.29 is 14.7 Å². The number of amides is 1. The Morgan fingerprint density at radius 1 is 1.03 bits per heavy atom. The zero-order valence-corrected chi connectivity index (χ0v) is 22.0. The van der Waals surface area contributed by atoms with Crippen LogP contribution in [0.3, 0.4) is 0 Å². The van der Waals surface area contributed by atoms with Gasteiger partial charge in [-0.15, -0.1) is 0 Å². The van der Waals surface area contributed by atoms with Gasteiger partial charge in [-0.05, 0) is 66.8 Å². The quantitative estimate of drug-likeness (QED) is 0.567. The molecule has 0 unspecified atom stereocenters. The van der Waals surface area contributed by atoms with Crippen LogP contribution in [0.2, 0.25) is 0 Å². The molecule has 3 heterocycles. The van der Waals surface area contributed by atoms with Crippen molar-refractivity contribution in [2.24, 2.45) is 5.41 Å². The van der Waals surface area contributed by atoms with Crippen LogP contribution >= 0.6 is 0 Å². The van der Waals surface area contributed by atoms with Crippen LogP contribution in [-0.4, -0.2) is 62.9 Å². The van der Waals surface area contributed by atoms with Crippen molar-refractivity contribution in [1.82, 2.24) is 19.6 Å². The number of hydrogen-bond acceptors (Lipinski definition) is 4. The first-order chi connectivity index (χ1) is 18.0. The number of allylic oxidation sites excluding steroid dienone is 6. The van der Waals surface area contributed by atoms with E-state index in [0.29, 0.717) is 13.1 Å². The lowest BCUT2D eigenvalue weighted by Crippen LogP contribution is -2.45. The van der Waals surface area contributed by atoms with E-state index in [0.717, 1.165) is 56.4 Å². The summed E-state index contributed by atoms with van der Waals surface area (Å²) >= 11 is 0. The predicted molar refractivity (Wildman–Crippen MR) is 146 cm³/mol. The lowest BCUT2D eigenvalue weighted by atomic mass is 9.78. The lowest BCUT2D eigenvalue weighted by molar-refractivity contribution is 0.0689. The van der Waals surface area contributed by atoms with E-state index in [-0.39, 0.29) is 17.1 Å². The second-order valence-corrected chi connectivity index (χ2v) is 9.92. The van der Waals surface area contributed by atoms with E-state index in [1.54, 1.807) is 4.90 Å². The van der Waals surface area contributed by atoms with Gasteiger partial charge in [0.1, 0.15) is 0 Å². The van der Waals surface area contributed by atoms with Gasteiger partial charge in [-0.25, -0.2) is 9.59 Å². The summed E-state index contributed by atoms with van der Waals surface area (Å²) in [4.78, 5) is 28.2. The summed E-state index contributed by atoms with van der Waals surface area (Å²) in [5.41, 5.74) is 4.19. The number of aromatic carboxylic acids is 1. The van der Waals surface area contributed by atoms with E-state index in [1.165, 1.54) is 29.0 Å². The molecule has 0 bridgehead atoms. The molecule has 1 N–H and O–H groups in total. The number of carboxylic acids is 1. The summed E-state index contributed by atoms with van der Waals surface area (Å²) in [5.74, 6) is -1.12. The highest BCUT2D eigenvalue weighted by Gasteiger charge is 2.41. The van der Waals surface area contributed by atoms with Gasteiger partial charge in [-0.2, -0.15) is 9.78 Å². The van der Waals surface area contributed by atoms with Gasteiger partial charge in [0.2, 0.25) is 0 Å². The summed E-state index contributed by atoms with van der Waals surface area (Å²) in [6.07, 6.45) is 17.4. The Kier molecular flexibility index (Phi) is 8.77. The minimum absolute atomic E-state index is 0.110. The fourth-order valence-electron chi connectivity index (χ4n) is 5.53. The number of carboxylic acid groups (broad SMARTS) is 1. The molecule has 0 radical (unpaired) electrons. The molecule has 37 heavy (non-hydrogen) atoms. The van der Waals surface area contributed by atoms with Crippen molar-refractivity contribution in [3.05, 3.63) is 83.7 Å². The highest BCUT2D eigenvalue weighted by molar-refractivity contribution is 5.86. The Balaban J connectivity index is 0.00000156. The number of rotatable bonds is 4. The fourth-order valence-corrected chi connectivity index (χ4v) is 5.53. The number of hydrogen-bond donors (Lipinski definition) is 1. The fraction of sp³-hybridized carbons (Fsp3) is 0.433. The monoisotopic (exact) mass is 502 g/mol. The standard InChI is InChI=1S/C28H32N4O3.C2H6/c33-26(34)25-11-15-32(29-25)27(35)31-17-13-28(14-18-31)12-16-30(21-28)20-22-7-6-10-24(19-22)23-8-4-2-1-3-5-9-23;1-2/h1-4,6-8,10-11,15,19H,5,9,12-14,16-18,20-21H2,(H,33,34);1-2H3/b3-1+,4-2-,23-8+;. The van der Waals surface area contributed by atoms with E-state index in [1.807, 2.05) is 13.8 Å². The number of nitrogens with zero attached hydrogens (tertiary/aromatic N) is 4. The SMILES string of the molecule is CC.O=C(O)c1ccn(C(=O)N2CCC3(CCN(Cc4cccc(/C5=C/C=C\C=C\CC5)c4)C3)CC2)n1. The zero-order chi connectivity index (χ0) is 26.3. The second kappa shape index (κ2) is 12.2. The number of carbonyl (C=O) groups excluding carboxylic acids is 1. The van der Waals surface area contributed by atoms with Gasteiger partial charge in [-0.1, -0.05) is 68.5 Å². The molecule has 7 nitrogen and oxygen atoms in total. The summed E-state index contributed by atoms with van der Waals surface area (Å²) in [5, 5.41) is 12.9. The van der Waals surface area contributed by atoms with Crippen LogP contribution in [0, 0.1) is 5.41 Å². The highest BCUT2D eigenvalue weighted by atomic mass is 16.4. The van der Waals surface area contributed by atoms with Crippen LogP contribution in [-0.2, 0) is 6.54 Å². The van der Waals surface area contributed by atoms with Crippen molar-refractivity contribution in [3.8, 4) is 0 Å². The molecule has 0 atom stereocenters. The van der Waals surface area contributed by atoms with Crippen LogP contribution in [0.25, 0.3) is 5.57 Å². The minimum Gasteiger partial charge on any atom is -0.476 e. The molecule has 1 aliphatic carbocycles. The van der Waals surface area contributed by atoms with E-state index < -0.39 is 5.97 Å². The molecule has 196 valence electrons. The molecular formula is C30H38N4O3. The van der Waals surface area contributed by atoms with E-state index in [4.69, 9.17) is 5.11 Å².